The third kappa shape index (κ3) is 4.88. The summed E-state index contributed by atoms with van der Waals surface area (Å²) >= 11 is 0. The molecule has 0 unspecified atom stereocenters. The van der Waals surface area contributed by atoms with Crippen LogP contribution in [0, 0.1) is 5.82 Å². The van der Waals surface area contributed by atoms with Gasteiger partial charge in [-0.1, -0.05) is 24.3 Å². The number of aromatic nitrogens is 2. The Morgan fingerprint density at radius 2 is 1.93 bits per heavy atom. The summed E-state index contributed by atoms with van der Waals surface area (Å²) in [5.74, 6) is -0.462. The average Bonchev–Trinajstić information content (AvgIpc) is 3.24. The lowest BCUT2D eigenvalue weighted by Crippen LogP contribution is -2.43. The molecule has 150 valence electrons. The maximum atomic E-state index is 13.4. The van der Waals surface area contributed by atoms with Gasteiger partial charge in [-0.25, -0.2) is 4.39 Å². The highest BCUT2D eigenvalue weighted by molar-refractivity contribution is 5.95. The van der Waals surface area contributed by atoms with Crippen LogP contribution in [0.4, 0.5) is 10.1 Å². The summed E-state index contributed by atoms with van der Waals surface area (Å²) in [4.78, 5) is 15.3. The van der Waals surface area contributed by atoms with E-state index in [-0.39, 0.29) is 11.7 Å². The van der Waals surface area contributed by atoms with Crippen LogP contribution in [-0.2, 0) is 16.1 Å². The number of ether oxygens (including phenoxy) is 1. The lowest BCUT2D eigenvalue weighted by molar-refractivity contribution is -0.123. The number of nitrogens with zero attached hydrogens (tertiary/aromatic N) is 3. The molecule has 0 spiro atoms. The van der Waals surface area contributed by atoms with E-state index in [4.69, 9.17) is 4.74 Å². The van der Waals surface area contributed by atoms with E-state index < -0.39 is 6.04 Å². The van der Waals surface area contributed by atoms with Crippen molar-refractivity contribution < 1.29 is 13.9 Å². The van der Waals surface area contributed by atoms with Crippen LogP contribution < -0.4 is 5.32 Å². The lowest BCUT2D eigenvalue weighted by Gasteiger charge is -2.33. The summed E-state index contributed by atoms with van der Waals surface area (Å²) in [7, 11) is 0. The van der Waals surface area contributed by atoms with Crippen molar-refractivity contribution in [1.82, 2.24) is 14.7 Å². The first-order chi connectivity index (χ1) is 14.2. The Kier molecular flexibility index (Phi) is 5.97. The van der Waals surface area contributed by atoms with Gasteiger partial charge < -0.3 is 10.1 Å². The van der Waals surface area contributed by atoms with E-state index >= 15 is 0 Å². The largest absolute Gasteiger partial charge is 0.379 e. The predicted octanol–water partition coefficient (Wildman–Crippen LogP) is 3.08. The number of nitrogens with one attached hydrogen (secondary N) is 1. The van der Waals surface area contributed by atoms with Crippen LogP contribution in [0.3, 0.4) is 0 Å². The van der Waals surface area contributed by atoms with Gasteiger partial charge in [-0.15, -0.1) is 0 Å². The zero-order valence-electron chi connectivity index (χ0n) is 16.0. The lowest BCUT2D eigenvalue weighted by atomic mass is 10.0. The van der Waals surface area contributed by atoms with Gasteiger partial charge in [0.15, 0.2) is 0 Å². The number of carbonyl (C=O) groups is 1. The second-order valence-electron chi connectivity index (χ2n) is 7.00. The second kappa shape index (κ2) is 8.98. The molecule has 7 heteroatoms. The first kappa shape index (κ1) is 19.3. The number of rotatable bonds is 6. The fourth-order valence-electron chi connectivity index (χ4n) is 3.55. The molecule has 1 atom stereocenters. The molecule has 1 saturated heterocycles. The molecule has 1 aliphatic rings. The monoisotopic (exact) mass is 394 g/mol. The summed E-state index contributed by atoms with van der Waals surface area (Å²) in [6.07, 6.45) is 3.63. The van der Waals surface area contributed by atoms with E-state index in [1.165, 1.54) is 12.1 Å². The fourth-order valence-corrected chi connectivity index (χ4v) is 3.55. The number of carbonyl (C=O) groups excluding carboxylic acids is 1. The van der Waals surface area contributed by atoms with Gasteiger partial charge in [0.05, 0.1) is 19.8 Å². The van der Waals surface area contributed by atoms with Gasteiger partial charge in [-0.2, -0.15) is 5.10 Å². The van der Waals surface area contributed by atoms with Gasteiger partial charge >= 0.3 is 0 Å². The SMILES string of the molecule is O=C(Nc1cccc(Cn2cccn2)c1)[C@@H](c1ccc(F)cc1)N1CCOCC1. The van der Waals surface area contributed by atoms with E-state index in [2.05, 4.69) is 15.3 Å². The molecular formula is C22H23FN4O2. The summed E-state index contributed by atoms with van der Waals surface area (Å²) in [6, 6.07) is 15.2. The first-order valence-electron chi connectivity index (χ1n) is 9.63. The van der Waals surface area contributed by atoms with Crippen molar-refractivity contribution in [1.29, 1.82) is 0 Å². The van der Waals surface area contributed by atoms with Gasteiger partial charge in [0, 0.05) is 31.2 Å². The number of amides is 1. The number of halogens is 1. The fraction of sp³-hybridized carbons (Fsp3) is 0.273. The highest BCUT2D eigenvalue weighted by atomic mass is 19.1. The summed E-state index contributed by atoms with van der Waals surface area (Å²) in [5.41, 5.74) is 2.52. The number of hydrogen-bond donors (Lipinski definition) is 1. The van der Waals surface area contributed by atoms with Gasteiger partial charge in [-0.3, -0.25) is 14.4 Å². The molecule has 0 aliphatic carbocycles. The first-order valence-corrected chi connectivity index (χ1v) is 9.63. The quantitative estimate of drug-likeness (QED) is 0.698. The molecule has 3 aromatic rings. The zero-order valence-corrected chi connectivity index (χ0v) is 16.0. The van der Waals surface area contributed by atoms with Crippen molar-refractivity contribution in [3.05, 3.63) is 83.9 Å². The summed E-state index contributed by atoms with van der Waals surface area (Å²) < 4.78 is 20.7. The Hall–Kier alpha value is -3.03. The number of hydrogen-bond acceptors (Lipinski definition) is 4. The minimum absolute atomic E-state index is 0.144. The molecule has 1 N–H and O–H groups in total. The number of morpholine rings is 1. The molecule has 0 bridgehead atoms. The molecule has 1 aromatic heterocycles. The standard InChI is InChI=1S/C22H23FN4O2/c23-19-7-5-18(6-8-19)21(26-11-13-29-14-12-26)22(28)25-20-4-1-3-17(15-20)16-27-10-2-9-24-27/h1-10,15,21H,11-14,16H2,(H,25,28)/t21-/m1/s1. The Morgan fingerprint density at radius 1 is 1.14 bits per heavy atom. The van der Waals surface area contributed by atoms with Crippen LogP contribution in [0.25, 0.3) is 0 Å². The molecule has 4 rings (SSSR count). The van der Waals surface area contributed by atoms with E-state index in [0.717, 1.165) is 16.8 Å². The third-order valence-corrected chi connectivity index (χ3v) is 4.94. The Labute approximate surface area is 168 Å². The maximum Gasteiger partial charge on any atom is 0.246 e. The Balaban J connectivity index is 1.53. The second-order valence-corrected chi connectivity index (χ2v) is 7.00. The van der Waals surface area contributed by atoms with Crippen molar-refractivity contribution in [3.63, 3.8) is 0 Å². The van der Waals surface area contributed by atoms with E-state index in [0.29, 0.717) is 32.8 Å². The Bertz CT molecular complexity index is 938. The maximum absolute atomic E-state index is 13.4. The van der Waals surface area contributed by atoms with Crippen molar-refractivity contribution in [2.45, 2.75) is 12.6 Å². The summed E-state index contributed by atoms with van der Waals surface area (Å²) in [5, 5.41) is 7.25. The molecule has 2 heterocycles. The van der Waals surface area contributed by atoms with Gasteiger partial charge in [0.25, 0.3) is 0 Å². The molecule has 2 aromatic carbocycles. The van der Waals surface area contributed by atoms with E-state index in [1.54, 1.807) is 18.3 Å². The minimum Gasteiger partial charge on any atom is -0.379 e. The summed E-state index contributed by atoms with van der Waals surface area (Å²) in [6.45, 7) is 3.07. The molecule has 1 aliphatic heterocycles. The third-order valence-electron chi connectivity index (χ3n) is 4.94. The topological polar surface area (TPSA) is 59.4 Å². The van der Waals surface area contributed by atoms with Crippen molar-refractivity contribution >= 4 is 11.6 Å². The molecule has 0 radical (unpaired) electrons. The molecular weight excluding hydrogens is 371 g/mol. The van der Waals surface area contributed by atoms with Crippen molar-refractivity contribution in [2.75, 3.05) is 31.6 Å². The molecule has 6 nitrogen and oxygen atoms in total. The Morgan fingerprint density at radius 3 is 2.66 bits per heavy atom. The normalized spacial score (nSPS) is 15.8. The van der Waals surface area contributed by atoms with Crippen LogP contribution >= 0.6 is 0 Å². The van der Waals surface area contributed by atoms with Gasteiger partial charge in [0.2, 0.25) is 5.91 Å². The van der Waals surface area contributed by atoms with Gasteiger partial charge in [-0.05, 0) is 41.5 Å². The van der Waals surface area contributed by atoms with E-state index in [9.17, 15) is 9.18 Å². The molecule has 1 fully saturated rings. The molecule has 0 saturated carbocycles. The number of anilines is 1. The van der Waals surface area contributed by atoms with Crippen LogP contribution in [0.15, 0.2) is 67.0 Å². The minimum atomic E-state index is -0.505. The highest BCUT2D eigenvalue weighted by Crippen LogP contribution is 2.24. The van der Waals surface area contributed by atoms with Crippen molar-refractivity contribution in [2.24, 2.45) is 0 Å². The predicted molar refractivity (Wildman–Crippen MR) is 108 cm³/mol. The van der Waals surface area contributed by atoms with Gasteiger partial charge in [0.1, 0.15) is 11.9 Å². The highest BCUT2D eigenvalue weighted by Gasteiger charge is 2.29. The van der Waals surface area contributed by atoms with E-state index in [1.807, 2.05) is 41.2 Å². The van der Waals surface area contributed by atoms with Crippen LogP contribution in [0.1, 0.15) is 17.2 Å². The average molecular weight is 394 g/mol. The molecule has 29 heavy (non-hydrogen) atoms. The molecule has 1 amide bonds. The zero-order chi connectivity index (χ0) is 20.1. The van der Waals surface area contributed by atoms with Crippen LogP contribution in [0.5, 0.6) is 0 Å². The smallest absolute Gasteiger partial charge is 0.246 e. The number of benzene rings is 2. The van der Waals surface area contributed by atoms with Crippen molar-refractivity contribution in [3.8, 4) is 0 Å². The van der Waals surface area contributed by atoms with Crippen LogP contribution in [0.2, 0.25) is 0 Å². The van der Waals surface area contributed by atoms with Crippen LogP contribution in [-0.4, -0.2) is 46.9 Å².